The molecule has 2 amide bonds. The first kappa shape index (κ1) is 10.4. The molecule has 0 fully saturated rings. The van der Waals surface area contributed by atoms with E-state index >= 15 is 0 Å². The van der Waals surface area contributed by atoms with Crippen molar-refractivity contribution in [2.75, 3.05) is 20.7 Å². The summed E-state index contributed by atoms with van der Waals surface area (Å²) in [5, 5.41) is 0. The fourth-order valence-corrected chi connectivity index (χ4v) is 0.350. The van der Waals surface area contributed by atoms with E-state index in [0.717, 1.165) is 0 Å². The second-order valence-electron chi connectivity index (χ2n) is 2.21. The van der Waals surface area contributed by atoms with Gasteiger partial charge in [-0.15, -0.1) is 0 Å². The molecule has 0 saturated heterocycles. The highest BCUT2D eigenvalue weighted by Crippen LogP contribution is 1.79. The Morgan fingerprint density at radius 1 is 1.58 bits per heavy atom. The zero-order chi connectivity index (χ0) is 9.56. The third-order valence-corrected chi connectivity index (χ3v) is 0.771. The summed E-state index contributed by atoms with van der Waals surface area (Å²) >= 11 is 0. The molecule has 0 aliphatic heterocycles. The van der Waals surface area contributed by atoms with Crippen molar-refractivity contribution in [1.29, 1.82) is 0 Å². The number of carbonyl (C=O) groups is 2. The number of carbonyl (C=O) groups excluding carboxylic acids is 2. The lowest BCUT2D eigenvalue weighted by atomic mass is 10.7. The van der Waals surface area contributed by atoms with Crippen LogP contribution >= 0.6 is 0 Å². The molecule has 2 N–H and O–H groups in total. The van der Waals surface area contributed by atoms with Gasteiger partial charge in [-0.2, -0.15) is 0 Å². The van der Waals surface area contributed by atoms with Gasteiger partial charge in [0.15, 0.2) is 6.61 Å². The summed E-state index contributed by atoms with van der Waals surface area (Å²) < 4.78 is 4.19. The zero-order valence-electron chi connectivity index (χ0n) is 6.98. The standard InChI is InChI=1S/C6H11N3O3/c1-9(2)4-8-5(10)3-12-6(7)11/h4H,3H2,1-2H3,(H2,7,11). The lowest BCUT2D eigenvalue weighted by Crippen LogP contribution is -2.18. The van der Waals surface area contributed by atoms with Gasteiger partial charge in [-0.1, -0.05) is 0 Å². The molecule has 0 radical (unpaired) electrons. The van der Waals surface area contributed by atoms with Gasteiger partial charge in [0.1, 0.15) is 0 Å². The molecule has 0 aliphatic rings. The number of nitrogens with zero attached hydrogens (tertiary/aromatic N) is 2. The molecule has 0 unspecified atom stereocenters. The molecule has 68 valence electrons. The van der Waals surface area contributed by atoms with Gasteiger partial charge in [0.05, 0.1) is 6.34 Å². The predicted octanol–water partition coefficient (Wildman–Crippen LogP) is -0.802. The van der Waals surface area contributed by atoms with Crippen molar-refractivity contribution in [3.63, 3.8) is 0 Å². The van der Waals surface area contributed by atoms with Crippen LogP contribution in [0.25, 0.3) is 0 Å². The first-order chi connectivity index (χ1) is 5.52. The summed E-state index contributed by atoms with van der Waals surface area (Å²) in [6.45, 7) is -0.417. The van der Waals surface area contributed by atoms with Gasteiger partial charge in [0.25, 0.3) is 5.91 Å². The van der Waals surface area contributed by atoms with Crippen LogP contribution in [0.15, 0.2) is 4.99 Å². The monoisotopic (exact) mass is 173 g/mol. The summed E-state index contributed by atoms with van der Waals surface area (Å²) in [5.74, 6) is -0.553. The largest absolute Gasteiger partial charge is 0.440 e. The minimum atomic E-state index is -0.983. The molecule has 6 nitrogen and oxygen atoms in total. The van der Waals surface area contributed by atoms with E-state index in [4.69, 9.17) is 0 Å². The van der Waals surface area contributed by atoms with Crippen LogP contribution in [-0.4, -0.2) is 43.9 Å². The fourth-order valence-electron chi connectivity index (χ4n) is 0.350. The van der Waals surface area contributed by atoms with Crippen molar-refractivity contribution in [1.82, 2.24) is 4.90 Å². The molecule has 0 atom stereocenters. The summed E-state index contributed by atoms with van der Waals surface area (Å²) in [4.78, 5) is 25.7. The number of ether oxygens (including phenoxy) is 1. The average Bonchev–Trinajstić information content (AvgIpc) is 1.96. The van der Waals surface area contributed by atoms with Crippen LogP contribution in [0.5, 0.6) is 0 Å². The molecule has 0 aromatic rings. The highest BCUT2D eigenvalue weighted by molar-refractivity contribution is 5.86. The number of hydrogen-bond donors (Lipinski definition) is 1. The number of amides is 2. The number of nitrogens with two attached hydrogens (primary N) is 1. The van der Waals surface area contributed by atoms with Crippen molar-refractivity contribution >= 4 is 18.3 Å². The van der Waals surface area contributed by atoms with Crippen LogP contribution < -0.4 is 5.73 Å². The lowest BCUT2D eigenvalue weighted by molar-refractivity contribution is -0.120. The Morgan fingerprint density at radius 2 is 2.17 bits per heavy atom. The number of hydrogen-bond acceptors (Lipinski definition) is 3. The molecule has 0 saturated carbocycles. The van der Waals surface area contributed by atoms with Gasteiger partial charge < -0.3 is 15.4 Å². The first-order valence-electron chi connectivity index (χ1n) is 3.18. The van der Waals surface area contributed by atoms with E-state index in [1.54, 1.807) is 19.0 Å². The molecular formula is C6H11N3O3. The van der Waals surface area contributed by atoms with Gasteiger partial charge in [-0.3, -0.25) is 4.79 Å². The van der Waals surface area contributed by atoms with E-state index in [2.05, 4.69) is 15.5 Å². The predicted molar refractivity (Wildman–Crippen MR) is 42.7 cm³/mol. The Bertz CT molecular complexity index is 200. The van der Waals surface area contributed by atoms with E-state index in [1.165, 1.54) is 6.34 Å². The molecule has 6 heteroatoms. The quantitative estimate of drug-likeness (QED) is 0.447. The summed E-state index contributed by atoms with van der Waals surface area (Å²) in [7, 11) is 3.43. The van der Waals surface area contributed by atoms with Crippen LogP contribution in [0.4, 0.5) is 4.79 Å². The highest BCUT2D eigenvalue weighted by Gasteiger charge is 2.00. The number of aliphatic imine (C=N–C) groups is 1. The molecule has 0 aromatic carbocycles. The third-order valence-electron chi connectivity index (χ3n) is 0.771. The average molecular weight is 173 g/mol. The normalized spacial score (nSPS) is 9.83. The van der Waals surface area contributed by atoms with E-state index in [0.29, 0.717) is 0 Å². The Labute approximate surface area is 70.0 Å². The van der Waals surface area contributed by atoms with Crippen molar-refractivity contribution < 1.29 is 14.3 Å². The molecule has 0 bridgehead atoms. The number of rotatable bonds is 3. The summed E-state index contributed by atoms with van der Waals surface area (Å²) in [6.07, 6.45) is 0.329. The smallest absolute Gasteiger partial charge is 0.405 e. The Kier molecular flexibility index (Phi) is 4.43. The molecule has 0 aromatic heterocycles. The van der Waals surface area contributed by atoms with Crippen molar-refractivity contribution in [2.45, 2.75) is 0 Å². The maximum Gasteiger partial charge on any atom is 0.405 e. The topological polar surface area (TPSA) is 85.0 Å². The lowest BCUT2D eigenvalue weighted by Gasteiger charge is -2.01. The second kappa shape index (κ2) is 5.11. The highest BCUT2D eigenvalue weighted by atomic mass is 16.5. The molecule has 0 heterocycles. The van der Waals surface area contributed by atoms with Crippen LogP contribution in [0.2, 0.25) is 0 Å². The zero-order valence-corrected chi connectivity index (χ0v) is 6.98. The van der Waals surface area contributed by atoms with Gasteiger partial charge in [-0.05, 0) is 0 Å². The Hall–Kier alpha value is -1.59. The Balaban J connectivity index is 3.67. The molecule has 0 spiro atoms. The number of primary amides is 1. The van der Waals surface area contributed by atoms with Gasteiger partial charge in [0, 0.05) is 14.1 Å². The maximum absolute atomic E-state index is 10.7. The van der Waals surface area contributed by atoms with Crippen LogP contribution in [0.3, 0.4) is 0 Å². The molecule has 0 rings (SSSR count). The minimum absolute atomic E-state index is 0.417. The molecule has 12 heavy (non-hydrogen) atoms. The van der Waals surface area contributed by atoms with Crippen LogP contribution in [0.1, 0.15) is 0 Å². The van der Waals surface area contributed by atoms with Crippen molar-refractivity contribution in [2.24, 2.45) is 10.7 Å². The SMILES string of the molecule is CN(C)C=NC(=O)COC(N)=O. The van der Waals surface area contributed by atoms with Gasteiger partial charge in [0.2, 0.25) is 0 Å². The maximum atomic E-state index is 10.7. The Morgan fingerprint density at radius 3 is 2.58 bits per heavy atom. The summed E-state index contributed by atoms with van der Waals surface area (Å²) in [6, 6.07) is 0. The van der Waals surface area contributed by atoms with E-state index in [-0.39, 0.29) is 0 Å². The summed E-state index contributed by atoms with van der Waals surface area (Å²) in [5.41, 5.74) is 4.62. The van der Waals surface area contributed by atoms with Crippen molar-refractivity contribution in [3.05, 3.63) is 0 Å². The third kappa shape index (κ3) is 6.53. The van der Waals surface area contributed by atoms with E-state index in [9.17, 15) is 9.59 Å². The minimum Gasteiger partial charge on any atom is -0.440 e. The van der Waals surface area contributed by atoms with Gasteiger partial charge >= 0.3 is 6.09 Å². The van der Waals surface area contributed by atoms with Crippen molar-refractivity contribution in [3.8, 4) is 0 Å². The molecular weight excluding hydrogens is 162 g/mol. The molecule has 0 aliphatic carbocycles. The van der Waals surface area contributed by atoms with E-state index < -0.39 is 18.6 Å². The van der Waals surface area contributed by atoms with Gasteiger partial charge in [-0.25, -0.2) is 9.79 Å². The van der Waals surface area contributed by atoms with E-state index in [1.807, 2.05) is 0 Å². The van der Waals surface area contributed by atoms with Crippen LogP contribution in [0, 0.1) is 0 Å². The first-order valence-corrected chi connectivity index (χ1v) is 3.18. The fraction of sp³-hybridized carbons (Fsp3) is 0.500. The second-order valence-corrected chi connectivity index (χ2v) is 2.21. The van der Waals surface area contributed by atoms with Crippen LogP contribution in [-0.2, 0) is 9.53 Å².